The third kappa shape index (κ3) is 3.34. The van der Waals surface area contributed by atoms with Crippen LogP contribution in [0.1, 0.15) is 21.5 Å². The fourth-order valence-corrected chi connectivity index (χ4v) is 1.77. The van der Waals surface area contributed by atoms with Gasteiger partial charge in [0.25, 0.3) is 0 Å². The van der Waals surface area contributed by atoms with Gasteiger partial charge < -0.3 is 4.74 Å². The van der Waals surface area contributed by atoms with Crippen LogP contribution in [0.2, 0.25) is 5.02 Å². The first-order valence-electron chi connectivity index (χ1n) is 5.71. The van der Waals surface area contributed by atoms with Crippen LogP contribution in [0.15, 0.2) is 42.5 Å². The van der Waals surface area contributed by atoms with Crippen molar-refractivity contribution in [3.63, 3.8) is 0 Å². The Kier molecular flexibility index (Phi) is 4.34. The second-order valence-corrected chi connectivity index (χ2v) is 4.41. The van der Waals surface area contributed by atoms with Gasteiger partial charge in [-0.25, -0.2) is 9.18 Å². The molecule has 100 valence electrons. The van der Waals surface area contributed by atoms with Crippen LogP contribution in [0.4, 0.5) is 4.39 Å². The monoisotopic (exact) mass is 289 g/mol. The summed E-state index contributed by atoms with van der Waals surface area (Å²) in [5.74, 6) is -0.980. The van der Waals surface area contributed by atoms with Crippen molar-refractivity contribution in [2.45, 2.75) is 6.61 Å². The summed E-state index contributed by atoms with van der Waals surface area (Å²) in [6.45, 7) is -0.0437. The lowest BCUT2D eigenvalue weighted by atomic mass is 10.1. The van der Waals surface area contributed by atoms with Crippen LogP contribution in [0.5, 0.6) is 0 Å². The maximum absolute atomic E-state index is 12.9. The van der Waals surface area contributed by atoms with Crippen molar-refractivity contribution < 1.29 is 13.9 Å². The summed E-state index contributed by atoms with van der Waals surface area (Å²) in [4.78, 5) is 11.8. The lowest BCUT2D eigenvalue weighted by molar-refractivity contribution is 0.0473. The van der Waals surface area contributed by atoms with E-state index >= 15 is 0 Å². The van der Waals surface area contributed by atoms with Crippen LogP contribution in [-0.4, -0.2) is 5.97 Å². The van der Waals surface area contributed by atoms with Crippen molar-refractivity contribution in [2.75, 3.05) is 0 Å². The molecular weight excluding hydrogens is 281 g/mol. The smallest absolute Gasteiger partial charge is 0.338 e. The van der Waals surface area contributed by atoms with E-state index < -0.39 is 11.8 Å². The molecule has 2 aromatic rings. The summed E-state index contributed by atoms with van der Waals surface area (Å²) in [5.41, 5.74) is 1.32. The van der Waals surface area contributed by atoms with E-state index in [0.717, 1.165) is 6.07 Å². The first-order valence-corrected chi connectivity index (χ1v) is 6.09. The molecule has 0 heterocycles. The SMILES string of the molecule is N#Cc1ccc(C(=O)OCc2ccc(F)cc2Cl)cc1. The third-order valence-electron chi connectivity index (χ3n) is 2.62. The predicted molar refractivity (Wildman–Crippen MR) is 71.7 cm³/mol. The van der Waals surface area contributed by atoms with E-state index in [0.29, 0.717) is 16.7 Å². The van der Waals surface area contributed by atoms with E-state index in [2.05, 4.69) is 0 Å². The summed E-state index contributed by atoms with van der Waals surface area (Å²) in [6.07, 6.45) is 0. The Morgan fingerprint density at radius 2 is 1.95 bits per heavy atom. The Morgan fingerprint density at radius 1 is 1.25 bits per heavy atom. The van der Waals surface area contributed by atoms with Gasteiger partial charge in [-0.2, -0.15) is 5.26 Å². The lowest BCUT2D eigenvalue weighted by Gasteiger charge is -2.06. The van der Waals surface area contributed by atoms with Gasteiger partial charge in [-0.1, -0.05) is 17.7 Å². The lowest BCUT2D eigenvalue weighted by Crippen LogP contribution is -2.05. The van der Waals surface area contributed by atoms with Gasteiger partial charge in [-0.15, -0.1) is 0 Å². The van der Waals surface area contributed by atoms with Gasteiger partial charge in [0.15, 0.2) is 0 Å². The highest BCUT2D eigenvalue weighted by molar-refractivity contribution is 6.31. The second kappa shape index (κ2) is 6.18. The Bertz CT molecular complexity index is 677. The quantitative estimate of drug-likeness (QED) is 0.809. The predicted octanol–water partition coefficient (Wildman–Crippen LogP) is 3.71. The van der Waals surface area contributed by atoms with E-state index in [9.17, 15) is 9.18 Å². The van der Waals surface area contributed by atoms with E-state index in [1.165, 1.54) is 36.4 Å². The van der Waals surface area contributed by atoms with E-state index in [1.807, 2.05) is 6.07 Å². The first-order chi connectivity index (χ1) is 9.60. The molecule has 0 unspecified atom stereocenters. The van der Waals surface area contributed by atoms with Crippen LogP contribution in [-0.2, 0) is 11.3 Å². The largest absolute Gasteiger partial charge is 0.457 e. The molecule has 0 saturated heterocycles. The molecule has 0 bridgehead atoms. The number of carbonyl (C=O) groups is 1. The summed E-state index contributed by atoms with van der Waals surface area (Å²) in [7, 11) is 0. The maximum Gasteiger partial charge on any atom is 0.338 e. The number of carbonyl (C=O) groups excluding carboxylic acids is 1. The van der Waals surface area contributed by atoms with Crippen LogP contribution in [0.25, 0.3) is 0 Å². The molecule has 0 aliphatic rings. The van der Waals surface area contributed by atoms with Crippen molar-refractivity contribution in [3.8, 4) is 6.07 Å². The fraction of sp³-hybridized carbons (Fsp3) is 0.0667. The number of esters is 1. The first kappa shape index (κ1) is 14.0. The zero-order valence-corrected chi connectivity index (χ0v) is 11.0. The van der Waals surface area contributed by atoms with E-state index in [1.54, 1.807) is 0 Å². The zero-order valence-electron chi connectivity index (χ0n) is 10.3. The number of benzene rings is 2. The standard InChI is InChI=1S/C15H9ClFNO2/c16-14-7-13(17)6-5-12(14)9-20-15(19)11-3-1-10(8-18)2-4-11/h1-7H,9H2. The third-order valence-corrected chi connectivity index (χ3v) is 2.98. The number of ether oxygens (including phenoxy) is 1. The molecule has 0 aliphatic carbocycles. The van der Waals surface area contributed by atoms with Gasteiger partial charge >= 0.3 is 5.97 Å². The Hall–Kier alpha value is -2.38. The molecule has 0 aliphatic heterocycles. The van der Waals surface area contributed by atoms with E-state index in [-0.39, 0.29) is 11.6 Å². The number of hydrogen-bond acceptors (Lipinski definition) is 3. The fourth-order valence-electron chi connectivity index (χ4n) is 1.55. The number of hydrogen-bond donors (Lipinski definition) is 0. The molecule has 0 aromatic heterocycles. The zero-order chi connectivity index (χ0) is 14.5. The minimum atomic E-state index is -0.533. The Balaban J connectivity index is 2.03. The van der Waals surface area contributed by atoms with Gasteiger partial charge in [-0.05, 0) is 36.4 Å². The van der Waals surface area contributed by atoms with E-state index in [4.69, 9.17) is 21.6 Å². The second-order valence-electron chi connectivity index (χ2n) is 4.00. The minimum absolute atomic E-state index is 0.0437. The van der Waals surface area contributed by atoms with Gasteiger partial charge in [0.2, 0.25) is 0 Å². The molecule has 0 fully saturated rings. The maximum atomic E-state index is 12.9. The number of nitriles is 1. The topological polar surface area (TPSA) is 50.1 Å². The van der Waals surface area contributed by atoms with Crippen LogP contribution >= 0.6 is 11.6 Å². The summed E-state index contributed by atoms with van der Waals surface area (Å²) >= 11 is 5.83. The molecule has 5 heteroatoms. The summed E-state index contributed by atoms with van der Waals surface area (Å²) in [6, 6.07) is 11.9. The molecule has 3 nitrogen and oxygen atoms in total. The molecule has 20 heavy (non-hydrogen) atoms. The molecule has 0 N–H and O–H groups in total. The van der Waals surface area contributed by atoms with Crippen molar-refractivity contribution in [1.29, 1.82) is 5.26 Å². The Labute approximate surface area is 120 Å². The molecule has 0 saturated carbocycles. The number of nitrogens with zero attached hydrogens (tertiary/aromatic N) is 1. The van der Waals surface area contributed by atoms with Crippen LogP contribution in [0.3, 0.4) is 0 Å². The number of rotatable bonds is 3. The van der Waals surface area contributed by atoms with Gasteiger partial charge in [0, 0.05) is 5.56 Å². The van der Waals surface area contributed by atoms with Crippen LogP contribution in [0, 0.1) is 17.1 Å². The molecule has 0 radical (unpaired) electrons. The van der Waals surface area contributed by atoms with Gasteiger partial charge in [0.1, 0.15) is 12.4 Å². The average molecular weight is 290 g/mol. The van der Waals surface area contributed by atoms with Crippen LogP contribution < -0.4 is 0 Å². The van der Waals surface area contributed by atoms with Crippen molar-refractivity contribution in [1.82, 2.24) is 0 Å². The molecule has 2 aromatic carbocycles. The molecule has 0 atom stereocenters. The normalized spacial score (nSPS) is 9.85. The highest BCUT2D eigenvalue weighted by atomic mass is 35.5. The highest BCUT2D eigenvalue weighted by Gasteiger charge is 2.09. The molecule has 0 spiro atoms. The van der Waals surface area contributed by atoms with Crippen molar-refractivity contribution in [3.05, 3.63) is 70.0 Å². The highest BCUT2D eigenvalue weighted by Crippen LogP contribution is 2.18. The van der Waals surface area contributed by atoms with Crippen molar-refractivity contribution >= 4 is 17.6 Å². The number of halogens is 2. The average Bonchev–Trinajstić information content (AvgIpc) is 2.46. The van der Waals surface area contributed by atoms with Gasteiger partial charge in [0.05, 0.1) is 22.2 Å². The minimum Gasteiger partial charge on any atom is -0.457 e. The van der Waals surface area contributed by atoms with Crippen molar-refractivity contribution in [2.24, 2.45) is 0 Å². The Morgan fingerprint density at radius 3 is 2.55 bits per heavy atom. The van der Waals surface area contributed by atoms with Gasteiger partial charge in [-0.3, -0.25) is 0 Å². The molecular formula is C15H9ClFNO2. The molecule has 0 amide bonds. The molecule has 2 rings (SSSR count). The summed E-state index contributed by atoms with van der Waals surface area (Å²) < 4.78 is 17.9. The summed E-state index contributed by atoms with van der Waals surface area (Å²) in [5, 5.41) is 8.87.